The molecule has 2 aromatic carbocycles. The lowest BCUT2D eigenvalue weighted by Crippen LogP contribution is -2.33. The van der Waals surface area contributed by atoms with Gasteiger partial charge in [-0.1, -0.05) is 49.7 Å². The van der Waals surface area contributed by atoms with Crippen molar-refractivity contribution >= 4 is 28.8 Å². The number of aliphatic hydroxyl groups is 1. The molecule has 11 heteroatoms. The standard InChI is InChI=1S/C27H35N5O6/c1-3-4-14-32-22-11-10-19(27(36)28-17-25(35)38-2)16-20(22)30-26(32)21(15-18-8-6-5-7-9-18)29-23(33)12-13-24(34)31-37/h5-11,16,21,27-28,36-37H,3-4,12-15,17H2,1-2H3,(H,29,33)(H,31,34). The summed E-state index contributed by atoms with van der Waals surface area (Å²) in [6.07, 6.45) is 0.998. The average Bonchev–Trinajstić information content (AvgIpc) is 3.30. The maximum Gasteiger partial charge on any atom is 0.319 e. The number of nitrogens with one attached hydrogen (secondary N) is 3. The number of hydroxylamine groups is 1. The molecule has 0 aliphatic heterocycles. The first-order chi connectivity index (χ1) is 18.4. The van der Waals surface area contributed by atoms with E-state index in [9.17, 15) is 19.5 Å². The number of ether oxygens (including phenoxy) is 1. The minimum Gasteiger partial charge on any atom is -0.468 e. The number of hydrogen-bond acceptors (Lipinski definition) is 8. The van der Waals surface area contributed by atoms with Crippen LogP contribution in [0.1, 0.15) is 61.8 Å². The van der Waals surface area contributed by atoms with Gasteiger partial charge in [0.25, 0.3) is 0 Å². The summed E-state index contributed by atoms with van der Waals surface area (Å²) in [6, 6.07) is 14.6. The third-order valence-corrected chi connectivity index (χ3v) is 6.15. The van der Waals surface area contributed by atoms with Crippen LogP contribution < -0.4 is 16.1 Å². The Bertz CT molecular complexity index is 1230. The van der Waals surface area contributed by atoms with Crippen molar-refractivity contribution < 1.29 is 29.4 Å². The van der Waals surface area contributed by atoms with Crippen LogP contribution in [-0.2, 0) is 32.1 Å². The highest BCUT2D eigenvalue weighted by Gasteiger charge is 2.24. The van der Waals surface area contributed by atoms with E-state index in [0.717, 1.165) is 23.9 Å². The molecular weight excluding hydrogens is 490 g/mol. The molecule has 1 aromatic heterocycles. The van der Waals surface area contributed by atoms with Crippen LogP contribution >= 0.6 is 0 Å². The molecular formula is C27H35N5O6. The van der Waals surface area contributed by atoms with Gasteiger partial charge in [0.1, 0.15) is 12.1 Å². The van der Waals surface area contributed by atoms with Crippen LogP contribution in [0, 0.1) is 0 Å². The van der Waals surface area contributed by atoms with Crippen molar-refractivity contribution in [2.24, 2.45) is 0 Å². The van der Waals surface area contributed by atoms with Gasteiger partial charge in [0.05, 0.1) is 30.7 Å². The minimum absolute atomic E-state index is 0.0882. The predicted octanol–water partition coefficient (Wildman–Crippen LogP) is 2.28. The van der Waals surface area contributed by atoms with Gasteiger partial charge in [0.2, 0.25) is 11.8 Å². The number of aryl methyl sites for hydroxylation is 1. The summed E-state index contributed by atoms with van der Waals surface area (Å²) in [5, 5.41) is 25.0. The van der Waals surface area contributed by atoms with E-state index in [1.54, 1.807) is 17.6 Å². The van der Waals surface area contributed by atoms with Gasteiger partial charge in [-0.3, -0.25) is 24.9 Å². The predicted molar refractivity (Wildman–Crippen MR) is 140 cm³/mol. The minimum atomic E-state index is -1.10. The van der Waals surface area contributed by atoms with Crippen molar-refractivity contribution in [3.05, 3.63) is 65.5 Å². The quantitative estimate of drug-likeness (QED) is 0.0929. The zero-order chi connectivity index (χ0) is 27.5. The highest BCUT2D eigenvalue weighted by molar-refractivity contribution is 5.83. The van der Waals surface area contributed by atoms with Crippen molar-refractivity contribution in [1.82, 2.24) is 25.7 Å². The molecule has 0 saturated heterocycles. The van der Waals surface area contributed by atoms with Gasteiger partial charge in [-0.2, -0.15) is 0 Å². The van der Waals surface area contributed by atoms with Crippen molar-refractivity contribution in [3.8, 4) is 0 Å². The molecule has 38 heavy (non-hydrogen) atoms. The lowest BCUT2D eigenvalue weighted by molar-refractivity contribution is -0.140. The SMILES string of the molecule is CCCCn1c(C(Cc2ccccc2)NC(=O)CCC(=O)NO)nc2cc(C(O)NCC(=O)OC)ccc21. The second-order valence-electron chi connectivity index (χ2n) is 8.93. The molecule has 11 nitrogen and oxygen atoms in total. The molecule has 0 aliphatic rings. The molecule has 2 atom stereocenters. The highest BCUT2D eigenvalue weighted by Crippen LogP contribution is 2.27. The molecule has 2 amide bonds. The molecule has 5 N–H and O–H groups in total. The number of amides is 2. The first-order valence-corrected chi connectivity index (χ1v) is 12.6. The Morgan fingerprint density at radius 3 is 2.50 bits per heavy atom. The fourth-order valence-corrected chi connectivity index (χ4v) is 4.13. The number of hydrogen-bond donors (Lipinski definition) is 5. The Balaban J connectivity index is 1.96. The van der Waals surface area contributed by atoms with Crippen LogP contribution in [0.15, 0.2) is 48.5 Å². The third-order valence-electron chi connectivity index (χ3n) is 6.15. The molecule has 0 saturated carbocycles. The molecule has 2 unspecified atom stereocenters. The number of aliphatic hydroxyl groups excluding tert-OH is 1. The summed E-state index contributed by atoms with van der Waals surface area (Å²) >= 11 is 0. The zero-order valence-electron chi connectivity index (χ0n) is 21.6. The Morgan fingerprint density at radius 1 is 1.08 bits per heavy atom. The molecule has 0 radical (unpaired) electrons. The number of nitrogens with zero attached hydrogens (tertiary/aromatic N) is 2. The molecule has 1 heterocycles. The summed E-state index contributed by atoms with van der Waals surface area (Å²) in [5.74, 6) is -0.813. The Kier molecular flexibility index (Phi) is 10.8. The first-order valence-electron chi connectivity index (χ1n) is 12.6. The van der Waals surface area contributed by atoms with Crippen LogP contribution in [0.25, 0.3) is 11.0 Å². The highest BCUT2D eigenvalue weighted by atomic mass is 16.5. The normalized spacial score (nSPS) is 12.6. The molecule has 0 fully saturated rings. The van der Waals surface area contributed by atoms with E-state index in [-0.39, 0.29) is 25.3 Å². The lowest BCUT2D eigenvalue weighted by atomic mass is 10.0. The number of methoxy groups -OCH3 is 1. The summed E-state index contributed by atoms with van der Waals surface area (Å²) in [5.41, 5.74) is 4.57. The summed E-state index contributed by atoms with van der Waals surface area (Å²) in [6.45, 7) is 2.62. The smallest absolute Gasteiger partial charge is 0.319 e. The van der Waals surface area contributed by atoms with Gasteiger partial charge in [0, 0.05) is 19.4 Å². The number of carbonyl (C=O) groups excluding carboxylic acids is 3. The second-order valence-corrected chi connectivity index (χ2v) is 8.93. The van der Waals surface area contributed by atoms with Crippen LogP contribution in [-0.4, -0.2) is 51.3 Å². The Morgan fingerprint density at radius 2 is 1.82 bits per heavy atom. The fraction of sp³-hybridized carbons (Fsp3) is 0.407. The molecule has 0 spiro atoms. The molecule has 0 aliphatic carbocycles. The van der Waals surface area contributed by atoms with E-state index in [0.29, 0.717) is 29.9 Å². The number of imidazole rings is 1. The van der Waals surface area contributed by atoms with Gasteiger partial charge in [0.15, 0.2) is 0 Å². The number of carbonyl (C=O) groups is 3. The molecule has 0 bridgehead atoms. The van der Waals surface area contributed by atoms with Gasteiger partial charge in [-0.25, -0.2) is 10.5 Å². The van der Waals surface area contributed by atoms with Crippen molar-refractivity contribution in [1.29, 1.82) is 0 Å². The average molecular weight is 526 g/mol. The Hall–Kier alpha value is -3.80. The molecule has 3 aromatic rings. The topological polar surface area (TPSA) is 155 Å². The van der Waals surface area contributed by atoms with E-state index < -0.39 is 24.1 Å². The van der Waals surface area contributed by atoms with Crippen LogP contribution in [0.2, 0.25) is 0 Å². The van der Waals surface area contributed by atoms with E-state index in [1.165, 1.54) is 7.11 Å². The number of unbranched alkanes of at least 4 members (excludes halogenated alkanes) is 1. The van der Waals surface area contributed by atoms with E-state index in [2.05, 4.69) is 26.9 Å². The number of aromatic nitrogens is 2. The maximum atomic E-state index is 12.8. The number of esters is 1. The monoisotopic (exact) mass is 525 g/mol. The van der Waals surface area contributed by atoms with Gasteiger partial charge in [-0.15, -0.1) is 0 Å². The van der Waals surface area contributed by atoms with Crippen LogP contribution in [0.4, 0.5) is 0 Å². The van der Waals surface area contributed by atoms with Crippen LogP contribution in [0.5, 0.6) is 0 Å². The maximum absolute atomic E-state index is 12.8. The van der Waals surface area contributed by atoms with Crippen LogP contribution in [0.3, 0.4) is 0 Å². The molecule has 3 rings (SSSR count). The van der Waals surface area contributed by atoms with E-state index >= 15 is 0 Å². The summed E-state index contributed by atoms with van der Waals surface area (Å²) in [7, 11) is 1.28. The van der Waals surface area contributed by atoms with Crippen molar-refractivity contribution in [2.45, 2.75) is 57.8 Å². The van der Waals surface area contributed by atoms with Crippen molar-refractivity contribution in [3.63, 3.8) is 0 Å². The number of benzene rings is 2. The summed E-state index contributed by atoms with van der Waals surface area (Å²) in [4.78, 5) is 40.5. The fourth-order valence-electron chi connectivity index (χ4n) is 4.13. The van der Waals surface area contributed by atoms with E-state index in [4.69, 9.17) is 10.2 Å². The van der Waals surface area contributed by atoms with Gasteiger partial charge >= 0.3 is 5.97 Å². The zero-order valence-corrected chi connectivity index (χ0v) is 21.6. The summed E-state index contributed by atoms with van der Waals surface area (Å²) < 4.78 is 6.68. The molecule has 204 valence electrons. The number of rotatable bonds is 14. The van der Waals surface area contributed by atoms with Crippen molar-refractivity contribution in [2.75, 3.05) is 13.7 Å². The van der Waals surface area contributed by atoms with Gasteiger partial charge in [-0.05, 0) is 36.1 Å². The number of fused-ring (bicyclic) bond motifs is 1. The van der Waals surface area contributed by atoms with E-state index in [1.807, 2.05) is 36.4 Å². The third kappa shape index (κ3) is 7.85. The largest absolute Gasteiger partial charge is 0.468 e. The second kappa shape index (κ2) is 14.2. The van der Waals surface area contributed by atoms with Gasteiger partial charge < -0.3 is 19.7 Å². The lowest BCUT2D eigenvalue weighted by Gasteiger charge is -2.20. The Labute approximate surface area is 221 Å². The first kappa shape index (κ1) is 28.8.